The molecule has 0 bridgehead atoms. The Morgan fingerprint density at radius 3 is 2.94 bits per heavy atom. The maximum Gasteiger partial charge on any atom is 0.237 e. The predicted octanol–water partition coefficient (Wildman–Crippen LogP) is 2.19. The van der Waals surface area contributed by atoms with Gasteiger partial charge >= 0.3 is 0 Å². The fourth-order valence-corrected chi connectivity index (χ4v) is 2.78. The summed E-state index contributed by atoms with van der Waals surface area (Å²) in [5.74, 6) is 0.209. The van der Waals surface area contributed by atoms with E-state index in [4.69, 9.17) is 0 Å². The summed E-state index contributed by atoms with van der Waals surface area (Å²) in [7, 11) is 1.82. The highest BCUT2D eigenvalue weighted by atomic mass is 16.2. The molecule has 0 radical (unpaired) electrons. The van der Waals surface area contributed by atoms with E-state index in [0.29, 0.717) is 6.54 Å². The minimum atomic E-state index is 0.209. The maximum atomic E-state index is 12.1. The second kappa shape index (κ2) is 5.53. The van der Waals surface area contributed by atoms with E-state index in [1.165, 1.54) is 16.7 Å². The first-order chi connectivity index (χ1) is 8.65. The Bertz CT molecular complexity index is 442. The van der Waals surface area contributed by atoms with Crippen LogP contribution in [0.15, 0.2) is 18.2 Å². The molecule has 1 aromatic carbocycles. The number of rotatable bonds is 3. The van der Waals surface area contributed by atoms with Gasteiger partial charge in [-0.2, -0.15) is 0 Å². The van der Waals surface area contributed by atoms with Gasteiger partial charge in [0.05, 0.1) is 12.6 Å². The molecule has 0 spiro atoms. The molecule has 1 fully saturated rings. The van der Waals surface area contributed by atoms with Gasteiger partial charge in [0.25, 0.3) is 0 Å². The number of hydrogen-bond acceptors (Lipinski definition) is 2. The number of carbonyl (C=O) groups is 1. The van der Waals surface area contributed by atoms with Crippen molar-refractivity contribution in [3.63, 3.8) is 0 Å². The first kappa shape index (κ1) is 13.1. The number of carbonyl (C=O) groups excluding carboxylic acids is 1. The molecule has 1 aromatic rings. The van der Waals surface area contributed by atoms with Gasteiger partial charge in [-0.25, -0.2) is 0 Å². The summed E-state index contributed by atoms with van der Waals surface area (Å²) < 4.78 is 0. The highest BCUT2D eigenvalue weighted by Gasteiger charge is 2.30. The molecule has 18 heavy (non-hydrogen) atoms. The molecule has 1 saturated heterocycles. The molecular weight excluding hydrogens is 224 g/mol. The lowest BCUT2D eigenvalue weighted by Gasteiger charge is -2.26. The van der Waals surface area contributed by atoms with Gasteiger partial charge in [-0.05, 0) is 50.4 Å². The molecule has 0 aliphatic carbocycles. The Kier molecular flexibility index (Phi) is 4.02. The summed E-state index contributed by atoms with van der Waals surface area (Å²) in [5.41, 5.74) is 3.95. The van der Waals surface area contributed by atoms with E-state index in [-0.39, 0.29) is 11.9 Å². The van der Waals surface area contributed by atoms with Gasteiger partial charge in [0.1, 0.15) is 0 Å². The van der Waals surface area contributed by atoms with E-state index in [1.54, 1.807) is 0 Å². The van der Waals surface area contributed by atoms with Crippen LogP contribution < -0.4 is 5.32 Å². The molecule has 2 rings (SSSR count). The van der Waals surface area contributed by atoms with Gasteiger partial charge in [-0.1, -0.05) is 18.2 Å². The summed E-state index contributed by atoms with van der Waals surface area (Å²) in [6.45, 7) is 5.61. The first-order valence-corrected chi connectivity index (χ1v) is 6.65. The quantitative estimate of drug-likeness (QED) is 0.886. The van der Waals surface area contributed by atoms with E-state index < -0.39 is 0 Å². The van der Waals surface area contributed by atoms with Gasteiger partial charge in [-0.15, -0.1) is 0 Å². The third kappa shape index (κ3) is 2.41. The molecule has 0 aromatic heterocycles. The monoisotopic (exact) mass is 246 g/mol. The van der Waals surface area contributed by atoms with Crippen molar-refractivity contribution in [3.05, 3.63) is 34.9 Å². The zero-order chi connectivity index (χ0) is 13.1. The Morgan fingerprint density at radius 1 is 1.44 bits per heavy atom. The zero-order valence-electron chi connectivity index (χ0n) is 11.5. The average molecular weight is 246 g/mol. The van der Waals surface area contributed by atoms with Crippen molar-refractivity contribution in [2.24, 2.45) is 0 Å². The molecular formula is C15H22N2O. The van der Waals surface area contributed by atoms with E-state index in [2.05, 4.69) is 37.4 Å². The van der Waals surface area contributed by atoms with Crippen molar-refractivity contribution in [1.29, 1.82) is 0 Å². The second-order valence-electron chi connectivity index (χ2n) is 5.06. The molecule has 3 nitrogen and oxygen atoms in total. The van der Waals surface area contributed by atoms with Crippen LogP contribution >= 0.6 is 0 Å². The summed E-state index contributed by atoms with van der Waals surface area (Å²) in [5, 5.41) is 2.95. The fraction of sp³-hybridized carbons (Fsp3) is 0.533. The lowest BCUT2D eigenvalue weighted by Crippen LogP contribution is -2.36. The molecule has 1 aliphatic heterocycles. The largest absolute Gasteiger partial charge is 0.335 e. The van der Waals surface area contributed by atoms with Crippen molar-refractivity contribution in [2.75, 3.05) is 20.1 Å². The van der Waals surface area contributed by atoms with Gasteiger partial charge in [0, 0.05) is 6.54 Å². The molecule has 0 saturated carbocycles. The van der Waals surface area contributed by atoms with Crippen LogP contribution in [0, 0.1) is 13.8 Å². The van der Waals surface area contributed by atoms with Gasteiger partial charge in [0.15, 0.2) is 0 Å². The van der Waals surface area contributed by atoms with E-state index in [9.17, 15) is 4.79 Å². The van der Waals surface area contributed by atoms with Crippen LogP contribution in [0.4, 0.5) is 0 Å². The molecule has 1 aliphatic rings. The van der Waals surface area contributed by atoms with Crippen molar-refractivity contribution in [2.45, 2.75) is 32.7 Å². The maximum absolute atomic E-state index is 12.1. The molecule has 1 atom stereocenters. The van der Waals surface area contributed by atoms with Crippen LogP contribution in [0.3, 0.4) is 0 Å². The molecule has 0 unspecified atom stereocenters. The Morgan fingerprint density at radius 2 is 2.22 bits per heavy atom. The third-order valence-electron chi connectivity index (χ3n) is 3.91. The summed E-state index contributed by atoms with van der Waals surface area (Å²) in [4.78, 5) is 14.1. The smallest absolute Gasteiger partial charge is 0.237 e. The number of aryl methyl sites for hydroxylation is 1. The number of likely N-dealkylation sites (tertiary alicyclic amines) is 1. The highest BCUT2D eigenvalue weighted by molar-refractivity contribution is 5.79. The topological polar surface area (TPSA) is 32.3 Å². The molecule has 1 heterocycles. The van der Waals surface area contributed by atoms with Crippen LogP contribution in [-0.4, -0.2) is 30.9 Å². The van der Waals surface area contributed by atoms with E-state index >= 15 is 0 Å². The molecule has 98 valence electrons. The molecule has 1 amide bonds. The number of likely N-dealkylation sites (N-methyl/N-ethyl adjacent to an activating group) is 1. The first-order valence-electron chi connectivity index (χ1n) is 6.65. The van der Waals surface area contributed by atoms with Crippen molar-refractivity contribution >= 4 is 5.91 Å². The number of nitrogens with one attached hydrogen (secondary N) is 1. The SMILES string of the molecule is CNCC(=O)N1CCC[C@H]1c1cccc(C)c1C. The van der Waals surface area contributed by atoms with Gasteiger partial charge in [0.2, 0.25) is 5.91 Å². The zero-order valence-corrected chi connectivity index (χ0v) is 11.5. The lowest BCUT2D eigenvalue weighted by atomic mass is 9.96. The van der Waals surface area contributed by atoms with Crippen LogP contribution in [0.25, 0.3) is 0 Å². The van der Waals surface area contributed by atoms with Crippen molar-refractivity contribution in [3.8, 4) is 0 Å². The number of nitrogens with zero attached hydrogens (tertiary/aromatic N) is 1. The lowest BCUT2D eigenvalue weighted by molar-refractivity contribution is -0.131. The Labute approximate surface area is 109 Å². The van der Waals surface area contributed by atoms with Crippen molar-refractivity contribution < 1.29 is 4.79 Å². The van der Waals surface area contributed by atoms with Crippen LogP contribution in [0.5, 0.6) is 0 Å². The normalized spacial score (nSPS) is 19.3. The van der Waals surface area contributed by atoms with Gasteiger partial charge < -0.3 is 10.2 Å². The molecule has 3 heteroatoms. The Balaban J connectivity index is 2.26. The predicted molar refractivity (Wildman–Crippen MR) is 73.5 cm³/mol. The van der Waals surface area contributed by atoms with Crippen LogP contribution in [-0.2, 0) is 4.79 Å². The third-order valence-corrected chi connectivity index (χ3v) is 3.91. The Hall–Kier alpha value is -1.35. The second-order valence-corrected chi connectivity index (χ2v) is 5.06. The minimum absolute atomic E-state index is 0.209. The highest BCUT2D eigenvalue weighted by Crippen LogP contribution is 2.34. The number of benzene rings is 1. The molecule has 1 N–H and O–H groups in total. The van der Waals surface area contributed by atoms with E-state index in [1.807, 2.05) is 11.9 Å². The van der Waals surface area contributed by atoms with Crippen molar-refractivity contribution in [1.82, 2.24) is 10.2 Å². The summed E-state index contributed by atoms with van der Waals surface area (Å²) >= 11 is 0. The average Bonchev–Trinajstić information content (AvgIpc) is 2.82. The number of amides is 1. The minimum Gasteiger partial charge on any atom is -0.335 e. The fourth-order valence-electron chi connectivity index (χ4n) is 2.78. The standard InChI is InChI=1S/C15H22N2O/c1-11-6-4-7-13(12(11)2)14-8-5-9-17(14)15(18)10-16-3/h4,6-7,14,16H,5,8-10H2,1-3H3/t14-/m0/s1. The van der Waals surface area contributed by atoms with Crippen LogP contribution in [0.2, 0.25) is 0 Å². The summed E-state index contributed by atoms with van der Waals surface area (Å²) in [6, 6.07) is 6.66. The van der Waals surface area contributed by atoms with E-state index in [0.717, 1.165) is 19.4 Å². The van der Waals surface area contributed by atoms with Crippen LogP contribution in [0.1, 0.15) is 35.6 Å². The van der Waals surface area contributed by atoms with Gasteiger partial charge in [-0.3, -0.25) is 4.79 Å². The number of hydrogen-bond donors (Lipinski definition) is 1. The summed E-state index contributed by atoms with van der Waals surface area (Å²) in [6.07, 6.45) is 2.19.